The van der Waals surface area contributed by atoms with Crippen LogP contribution in [-0.2, 0) is 0 Å². The van der Waals surface area contributed by atoms with E-state index in [1.807, 2.05) is 10.9 Å². The predicted octanol–water partition coefficient (Wildman–Crippen LogP) is 1.39. The number of nitro groups is 4. The second-order valence-corrected chi connectivity index (χ2v) is 5.34. The number of nitro benzene ring substituents is 4. The van der Waals surface area contributed by atoms with Gasteiger partial charge in [-0.15, -0.1) is 0 Å². The number of hydrogen-bond donors (Lipinski definition) is 2. The fourth-order valence-corrected chi connectivity index (χ4v) is 2.19. The third-order valence-corrected chi connectivity index (χ3v) is 3.55. The number of hydrogen-bond acceptors (Lipinski definition) is 10. The van der Waals surface area contributed by atoms with Crippen LogP contribution in [0.4, 0.5) is 22.7 Å². The van der Waals surface area contributed by atoms with Crippen LogP contribution in [0.2, 0.25) is 0 Å². The molecule has 0 aliphatic carbocycles. The molecule has 0 atom stereocenters. The van der Waals surface area contributed by atoms with E-state index in [1.54, 1.807) is 0 Å². The van der Waals surface area contributed by atoms with Crippen LogP contribution in [0.5, 0.6) is 0 Å². The lowest BCUT2D eigenvalue weighted by molar-refractivity contribution is -0.422. The van der Waals surface area contributed by atoms with Crippen LogP contribution in [0.1, 0.15) is 20.7 Å². The Bertz CT molecular complexity index is 1030. The van der Waals surface area contributed by atoms with E-state index in [2.05, 4.69) is 0 Å². The van der Waals surface area contributed by atoms with Crippen molar-refractivity contribution in [2.24, 2.45) is 0 Å². The number of carbonyl (C=O) groups is 2. The molecule has 30 heavy (non-hydrogen) atoms. The summed E-state index contributed by atoms with van der Waals surface area (Å²) in [5.41, 5.74) is -0.679. The fraction of sp³-hybridized carbons (Fsp3) is 0. The Balaban J connectivity index is 2.19. The van der Waals surface area contributed by atoms with Crippen molar-refractivity contribution in [3.63, 3.8) is 0 Å². The van der Waals surface area contributed by atoms with Gasteiger partial charge in [-0.1, -0.05) is 0 Å². The van der Waals surface area contributed by atoms with Gasteiger partial charge in [-0.25, -0.2) is 0 Å². The summed E-state index contributed by atoms with van der Waals surface area (Å²) in [6.07, 6.45) is 0. The molecule has 154 valence electrons. The number of hydrazine groups is 1. The fourth-order valence-electron chi connectivity index (χ4n) is 2.19. The Morgan fingerprint density at radius 2 is 0.867 bits per heavy atom. The van der Waals surface area contributed by atoms with E-state index in [9.17, 15) is 50.0 Å². The lowest BCUT2D eigenvalue weighted by atomic mass is 10.1. The van der Waals surface area contributed by atoms with Crippen LogP contribution in [0.25, 0.3) is 0 Å². The van der Waals surface area contributed by atoms with Crippen molar-refractivity contribution in [1.82, 2.24) is 10.9 Å². The number of nitrogens with zero attached hydrogens (tertiary/aromatic N) is 4. The van der Waals surface area contributed by atoms with E-state index in [-0.39, 0.29) is 0 Å². The van der Waals surface area contributed by atoms with Crippen LogP contribution in [0.15, 0.2) is 36.4 Å². The van der Waals surface area contributed by atoms with Crippen molar-refractivity contribution in [3.8, 4) is 0 Å². The normalized spacial score (nSPS) is 10.0. The Kier molecular flexibility index (Phi) is 5.91. The Hall–Kier alpha value is -5.02. The monoisotopic (exact) mass is 420 g/mol. The highest BCUT2D eigenvalue weighted by molar-refractivity contribution is 6.00. The zero-order chi connectivity index (χ0) is 22.6. The average Bonchev–Trinajstić information content (AvgIpc) is 2.70. The summed E-state index contributed by atoms with van der Waals surface area (Å²) in [7, 11) is 0. The molecule has 0 saturated carbocycles. The van der Waals surface area contributed by atoms with Crippen LogP contribution in [0, 0.1) is 40.5 Å². The van der Waals surface area contributed by atoms with E-state index in [1.165, 1.54) is 0 Å². The lowest BCUT2D eigenvalue weighted by Crippen LogP contribution is -2.41. The summed E-state index contributed by atoms with van der Waals surface area (Å²) in [5.74, 6) is -2.17. The SMILES string of the molecule is O=C(NNC(=O)c1ccc([N+](=O)[O-])c([N+](=O)[O-])c1)c1ccc([N+](=O)[O-])c([N+](=O)[O-])c1. The summed E-state index contributed by atoms with van der Waals surface area (Å²) in [6, 6.07) is 4.52. The number of amides is 2. The summed E-state index contributed by atoms with van der Waals surface area (Å²) >= 11 is 0. The highest BCUT2D eigenvalue weighted by Crippen LogP contribution is 2.28. The lowest BCUT2D eigenvalue weighted by Gasteiger charge is -2.07. The first-order chi connectivity index (χ1) is 14.0. The minimum Gasteiger partial charge on any atom is -0.267 e. The molecular formula is C14H8N6O10. The Labute approximate surface area is 163 Å². The molecule has 2 rings (SSSR count). The maximum Gasteiger partial charge on any atom is 0.346 e. The summed E-state index contributed by atoms with van der Waals surface area (Å²) in [5, 5.41) is 43.4. The van der Waals surface area contributed by atoms with Gasteiger partial charge < -0.3 is 0 Å². The second kappa shape index (κ2) is 8.33. The van der Waals surface area contributed by atoms with Crippen molar-refractivity contribution in [1.29, 1.82) is 0 Å². The molecule has 0 aliphatic rings. The highest BCUT2D eigenvalue weighted by Gasteiger charge is 2.27. The van der Waals surface area contributed by atoms with Crippen molar-refractivity contribution >= 4 is 34.6 Å². The first-order valence-electron chi connectivity index (χ1n) is 7.49. The Morgan fingerprint density at radius 3 is 1.13 bits per heavy atom. The van der Waals surface area contributed by atoms with Gasteiger partial charge in [0, 0.05) is 35.4 Å². The van der Waals surface area contributed by atoms with Gasteiger partial charge in [0.25, 0.3) is 11.8 Å². The topological polar surface area (TPSA) is 231 Å². The number of rotatable bonds is 6. The molecule has 0 unspecified atom stereocenters. The molecule has 2 amide bonds. The highest BCUT2D eigenvalue weighted by atomic mass is 16.6. The van der Waals surface area contributed by atoms with E-state index in [4.69, 9.17) is 0 Å². The maximum atomic E-state index is 12.0. The first-order valence-corrected chi connectivity index (χ1v) is 7.49. The molecule has 0 heterocycles. The van der Waals surface area contributed by atoms with E-state index in [0.717, 1.165) is 24.3 Å². The smallest absolute Gasteiger partial charge is 0.267 e. The van der Waals surface area contributed by atoms with E-state index in [0.29, 0.717) is 12.1 Å². The summed E-state index contributed by atoms with van der Waals surface area (Å²) in [6.45, 7) is 0. The molecule has 16 nitrogen and oxygen atoms in total. The Morgan fingerprint density at radius 1 is 0.567 bits per heavy atom. The molecule has 2 aromatic rings. The molecule has 16 heteroatoms. The van der Waals surface area contributed by atoms with Crippen LogP contribution < -0.4 is 10.9 Å². The molecular weight excluding hydrogens is 412 g/mol. The minimum absolute atomic E-state index is 0.401. The van der Waals surface area contributed by atoms with Crippen molar-refractivity contribution in [2.75, 3.05) is 0 Å². The van der Waals surface area contributed by atoms with Gasteiger partial charge in [-0.3, -0.25) is 60.9 Å². The molecule has 0 radical (unpaired) electrons. The number of carbonyl (C=O) groups excluding carboxylic acids is 2. The summed E-state index contributed by atoms with van der Waals surface area (Å²) < 4.78 is 0. The molecule has 2 aromatic carbocycles. The van der Waals surface area contributed by atoms with Gasteiger partial charge in [0.05, 0.1) is 19.7 Å². The number of nitrogens with one attached hydrogen (secondary N) is 2. The molecule has 0 saturated heterocycles. The van der Waals surface area contributed by atoms with Gasteiger partial charge >= 0.3 is 22.7 Å². The number of benzene rings is 2. The maximum absolute atomic E-state index is 12.0. The van der Waals surface area contributed by atoms with Crippen LogP contribution in [0.3, 0.4) is 0 Å². The zero-order valence-electron chi connectivity index (χ0n) is 14.3. The van der Waals surface area contributed by atoms with Crippen molar-refractivity contribution in [3.05, 3.63) is 88.0 Å². The van der Waals surface area contributed by atoms with Gasteiger partial charge in [-0.2, -0.15) is 0 Å². The predicted molar refractivity (Wildman–Crippen MR) is 94.4 cm³/mol. The van der Waals surface area contributed by atoms with Gasteiger partial charge in [-0.05, 0) is 12.1 Å². The van der Waals surface area contributed by atoms with Crippen LogP contribution in [-0.4, -0.2) is 31.5 Å². The second-order valence-electron chi connectivity index (χ2n) is 5.34. The van der Waals surface area contributed by atoms with E-state index < -0.39 is 65.4 Å². The minimum atomic E-state index is -1.09. The molecule has 0 fully saturated rings. The third kappa shape index (κ3) is 4.44. The third-order valence-electron chi connectivity index (χ3n) is 3.55. The zero-order valence-corrected chi connectivity index (χ0v) is 14.3. The van der Waals surface area contributed by atoms with Crippen molar-refractivity contribution in [2.45, 2.75) is 0 Å². The summed E-state index contributed by atoms with van der Waals surface area (Å²) in [4.78, 5) is 63.3. The van der Waals surface area contributed by atoms with Crippen molar-refractivity contribution < 1.29 is 29.3 Å². The molecule has 0 aromatic heterocycles. The van der Waals surface area contributed by atoms with Gasteiger partial charge in [0.15, 0.2) is 0 Å². The largest absolute Gasteiger partial charge is 0.346 e. The van der Waals surface area contributed by atoms with E-state index >= 15 is 0 Å². The first kappa shape index (κ1) is 21.3. The van der Waals surface area contributed by atoms with Crippen LogP contribution >= 0.6 is 0 Å². The molecule has 0 bridgehead atoms. The molecule has 0 aliphatic heterocycles. The average molecular weight is 420 g/mol. The molecule has 2 N–H and O–H groups in total. The quantitative estimate of drug-likeness (QED) is 0.503. The van der Waals surface area contributed by atoms with Gasteiger partial charge in [0.2, 0.25) is 0 Å². The standard InChI is InChI=1S/C14H8N6O10/c21-13(7-1-3-9(17(23)24)11(5-7)19(27)28)15-16-14(22)8-2-4-10(18(25)26)12(6-8)20(29)30/h1-6H,(H,15,21)(H,16,22). The van der Waals surface area contributed by atoms with Gasteiger partial charge in [0.1, 0.15) is 0 Å². The molecule has 0 spiro atoms.